The van der Waals surface area contributed by atoms with Gasteiger partial charge in [-0.1, -0.05) is 12.1 Å². The molecule has 20 heavy (non-hydrogen) atoms. The third-order valence-electron chi connectivity index (χ3n) is 3.36. The highest BCUT2D eigenvalue weighted by molar-refractivity contribution is 6.39. The second-order valence-electron chi connectivity index (χ2n) is 5.12. The van der Waals surface area contributed by atoms with Crippen LogP contribution in [0.5, 0.6) is 0 Å². The Morgan fingerprint density at radius 2 is 2.10 bits per heavy atom. The van der Waals surface area contributed by atoms with Crippen LogP contribution in [0.15, 0.2) is 18.2 Å². The molecule has 0 unspecified atom stereocenters. The van der Waals surface area contributed by atoms with Crippen LogP contribution in [-0.4, -0.2) is 31.1 Å². The normalized spacial score (nSPS) is 17.8. The van der Waals surface area contributed by atoms with Crippen LogP contribution in [0.25, 0.3) is 0 Å². The molecule has 0 bridgehead atoms. The zero-order valence-electron chi connectivity index (χ0n) is 11.9. The lowest BCUT2D eigenvalue weighted by atomic mass is 10.1. The van der Waals surface area contributed by atoms with Crippen molar-refractivity contribution in [3.63, 3.8) is 0 Å². The maximum Gasteiger partial charge on any atom is 0.313 e. The van der Waals surface area contributed by atoms with Crippen molar-refractivity contribution in [2.45, 2.75) is 32.8 Å². The lowest BCUT2D eigenvalue weighted by Crippen LogP contribution is -2.39. The summed E-state index contributed by atoms with van der Waals surface area (Å²) in [6.45, 7) is 4.94. The molecule has 0 saturated carbocycles. The molecular formula is C15H20N2O3. The summed E-state index contributed by atoms with van der Waals surface area (Å²) in [6.07, 6.45) is 1.97. The average molecular weight is 276 g/mol. The monoisotopic (exact) mass is 276 g/mol. The zero-order chi connectivity index (χ0) is 14.5. The van der Waals surface area contributed by atoms with Gasteiger partial charge in [-0.05, 0) is 43.9 Å². The number of nitrogens with one attached hydrogen (secondary N) is 2. The summed E-state index contributed by atoms with van der Waals surface area (Å²) in [5.41, 5.74) is 2.63. The third kappa shape index (κ3) is 3.81. The predicted molar refractivity (Wildman–Crippen MR) is 76.5 cm³/mol. The van der Waals surface area contributed by atoms with Gasteiger partial charge in [0.1, 0.15) is 0 Å². The third-order valence-corrected chi connectivity index (χ3v) is 3.36. The molecular weight excluding hydrogens is 256 g/mol. The topological polar surface area (TPSA) is 67.4 Å². The van der Waals surface area contributed by atoms with E-state index >= 15 is 0 Å². The Morgan fingerprint density at radius 1 is 1.30 bits per heavy atom. The molecule has 5 heteroatoms. The number of hydrogen-bond donors (Lipinski definition) is 2. The first-order valence-corrected chi connectivity index (χ1v) is 6.84. The molecule has 5 nitrogen and oxygen atoms in total. The summed E-state index contributed by atoms with van der Waals surface area (Å²) in [5, 5.41) is 5.24. The number of carbonyl (C=O) groups is 2. The number of ether oxygens (including phenoxy) is 1. The number of rotatable bonds is 3. The molecule has 1 saturated heterocycles. The summed E-state index contributed by atoms with van der Waals surface area (Å²) in [4.78, 5) is 23.5. The van der Waals surface area contributed by atoms with Gasteiger partial charge in [-0.25, -0.2) is 0 Å². The van der Waals surface area contributed by atoms with Crippen molar-refractivity contribution < 1.29 is 14.3 Å². The molecule has 2 rings (SSSR count). The van der Waals surface area contributed by atoms with Crippen LogP contribution in [0.3, 0.4) is 0 Å². The van der Waals surface area contributed by atoms with Crippen molar-refractivity contribution in [3.8, 4) is 0 Å². The van der Waals surface area contributed by atoms with Gasteiger partial charge in [0.2, 0.25) is 0 Å². The van der Waals surface area contributed by atoms with E-state index in [1.165, 1.54) is 0 Å². The summed E-state index contributed by atoms with van der Waals surface area (Å²) in [7, 11) is 0. The molecule has 0 radical (unpaired) electrons. The number of aryl methyl sites for hydroxylation is 2. The highest BCUT2D eigenvalue weighted by Gasteiger charge is 2.19. The molecule has 2 N–H and O–H groups in total. The molecule has 1 heterocycles. The van der Waals surface area contributed by atoms with Crippen molar-refractivity contribution in [1.29, 1.82) is 0 Å². The quantitative estimate of drug-likeness (QED) is 0.823. The summed E-state index contributed by atoms with van der Waals surface area (Å²) in [6, 6.07) is 5.72. The molecule has 1 fully saturated rings. The van der Waals surface area contributed by atoms with Gasteiger partial charge in [0.15, 0.2) is 0 Å². The predicted octanol–water partition coefficient (Wildman–Crippen LogP) is 1.54. The molecule has 0 aromatic heterocycles. The second kappa shape index (κ2) is 6.52. The summed E-state index contributed by atoms with van der Waals surface area (Å²) < 4.78 is 5.39. The Kier molecular flexibility index (Phi) is 4.74. The van der Waals surface area contributed by atoms with Crippen LogP contribution in [-0.2, 0) is 14.3 Å². The van der Waals surface area contributed by atoms with Crippen molar-refractivity contribution in [1.82, 2.24) is 5.32 Å². The maximum atomic E-state index is 11.8. The molecule has 1 aromatic rings. The number of hydrogen-bond acceptors (Lipinski definition) is 3. The van der Waals surface area contributed by atoms with E-state index in [-0.39, 0.29) is 6.10 Å². The van der Waals surface area contributed by atoms with Crippen molar-refractivity contribution in [2.75, 3.05) is 18.5 Å². The highest BCUT2D eigenvalue weighted by Crippen LogP contribution is 2.16. The minimum Gasteiger partial charge on any atom is -0.376 e. The van der Waals surface area contributed by atoms with Crippen LogP contribution < -0.4 is 10.6 Å². The molecule has 108 valence electrons. The lowest BCUT2D eigenvalue weighted by Gasteiger charge is -2.12. The SMILES string of the molecule is Cc1ccc(C)c(NC(=O)C(=O)NC[C@@H]2CCCO2)c1. The van der Waals surface area contributed by atoms with Gasteiger partial charge < -0.3 is 15.4 Å². The smallest absolute Gasteiger partial charge is 0.313 e. The van der Waals surface area contributed by atoms with Gasteiger partial charge in [0, 0.05) is 18.8 Å². The van der Waals surface area contributed by atoms with Gasteiger partial charge in [0.05, 0.1) is 6.10 Å². The van der Waals surface area contributed by atoms with Gasteiger partial charge in [-0.15, -0.1) is 0 Å². The number of benzene rings is 1. The van der Waals surface area contributed by atoms with E-state index in [0.717, 1.165) is 30.6 Å². The molecule has 1 aliphatic rings. The first-order chi connectivity index (χ1) is 9.56. The van der Waals surface area contributed by atoms with E-state index in [4.69, 9.17) is 4.74 Å². The largest absolute Gasteiger partial charge is 0.376 e. The minimum atomic E-state index is -0.642. The van der Waals surface area contributed by atoms with Crippen LogP contribution >= 0.6 is 0 Å². The van der Waals surface area contributed by atoms with Gasteiger partial charge in [-0.3, -0.25) is 9.59 Å². The Bertz CT molecular complexity index is 508. The molecule has 0 aliphatic carbocycles. The van der Waals surface area contributed by atoms with Crippen LogP contribution in [0.2, 0.25) is 0 Å². The Labute approximate surface area is 118 Å². The van der Waals surface area contributed by atoms with Gasteiger partial charge >= 0.3 is 11.8 Å². The minimum absolute atomic E-state index is 0.0347. The Morgan fingerprint density at radius 3 is 2.80 bits per heavy atom. The Hall–Kier alpha value is -1.88. The fourth-order valence-electron chi connectivity index (χ4n) is 2.14. The molecule has 1 aromatic carbocycles. The molecule has 0 spiro atoms. The average Bonchev–Trinajstić information content (AvgIpc) is 2.93. The van der Waals surface area contributed by atoms with E-state index in [1.807, 2.05) is 32.0 Å². The van der Waals surface area contributed by atoms with E-state index in [9.17, 15) is 9.59 Å². The number of carbonyl (C=O) groups excluding carboxylic acids is 2. The van der Waals surface area contributed by atoms with E-state index < -0.39 is 11.8 Å². The fraction of sp³-hybridized carbons (Fsp3) is 0.467. The fourth-order valence-corrected chi connectivity index (χ4v) is 2.14. The van der Waals surface area contributed by atoms with Crippen LogP contribution in [0, 0.1) is 13.8 Å². The van der Waals surface area contributed by atoms with Gasteiger partial charge in [0.25, 0.3) is 0 Å². The van der Waals surface area contributed by atoms with Crippen molar-refractivity contribution >= 4 is 17.5 Å². The molecule has 2 amide bonds. The summed E-state index contributed by atoms with van der Waals surface area (Å²) >= 11 is 0. The summed E-state index contributed by atoms with van der Waals surface area (Å²) in [5.74, 6) is -1.27. The second-order valence-corrected chi connectivity index (χ2v) is 5.12. The zero-order valence-corrected chi connectivity index (χ0v) is 11.9. The number of anilines is 1. The number of amides is 2. The highest BCUT2D eigenvalue weighted by atomic mass is 16.5. The molecule has 1 atom stereocenters. The van der Waals surface area contributed by atoms with Crippen molar-refractivity contribution in [3.05, 3.63) is 29.3 Å². The van der Waals surface area contributed by atoms with Crippen LogP contribution in [0.4, 0.5) is 5.69 Å². The van der Waals surface area contributed by atoms with E-state index in [1.54, 1.807) is 0 Å². The maximum absolute atomic E-state index is 11.8. The molecule has 1 aliphatic heterocycles. The van der Waals surface area contributed by atoms with E-state index in [2.05, 4.69) is 10.6 Å². The Balaban J connectivity index is 1.87. The first-order valence-electron chi connectivity index (χ1n) is 6.84. The van der Waals surface area contributed by atoms with Crippen molar-refractivity contribution in [2.24, 2.45) is 0 Å². The van der Waals surface area contributed by atoms with Gasteiger partial charge in [-0.2, -0.15) is 0 Å². The standard InChI is InChI=1S/C15H20N2O3/c1-10-5-6-11(2)13(8-10)17-15(19)14(18)16-9-12-4-3-7-20-12/h5-6,8,12H,3-4,7,9H2,1-2H3,(H,16,18)(H,17,19)/t12-/m0/s1. The first kappa shape index (κ1) is 14.5. The lowest BCUT2D eigenvalue weighted by molar-refractivity contribution is -0.136. The van der Waals surface area contributed by atoms with Crippen LogP contribution in [0.1, 0.15) is 24.0 Å². The van der Waals surface area contributed by atoms with E-state index in [0.29, 0.717) is 12.2 Å².